The van der Waals surface area contributed by atoms with Crippen molar-refractivity contribution in [3.05, 3.63) is 75.5 Å². The summed E-state index contributed by atoms with van der Waals surface area (Å²) in [5.41, 5.74) is 3.62. The monoisotopic (exact) mass is 316 g/mol. The van der Waals surface area contributed by atoms with Crippen molar-refractivity contribution in [2.24, 2.45) is 0 Å². The van der Waals surface area contributed by atoms with E-state index in [1.807, 2.05) is 26.0 Å². The summed E-state index contributed by atoms with van der Waals surface area (Å²) in [5, 5.41) is 0. The van der Waals surface area contributed by atoms with Crippen molar-refractivity contribution in [3.8, 4) is 0 Å². The zero-order chi connectivity index (χ0) is 15.0. The molecule has 1 aliphatic carbocycles. The van der Waals surface area contributed by atoms with E-state index in [-0.39, 0.29) is 11.6 Å². The summed E-state index contributed by atoms with van der Waals surface area (Å²) >= 11 is 0. The van der Waals surface area contributed by atoms with Gasteiger partial charge in [0.1, 0.15) is 5.82 Å². The summed E-state index contributed by atoms with van der Waals surface area (Å²) in [6.07, 6.45) is 5.96. The molecule has 0 saturated heterocycles. The van der Waals surface area contributed by atoms with Crippen molar-refractivity contribution in [1.82, 2.24) is 0 Å². The van der Waals surface area contributed by atoms with Crippen LogP contribution in [0.3, 0.4) is 0 Å². The van der Waals surface area contributed by atoms with Crippen LogP contribution < -0.4 is 0 Å². The van der Waals surface area contributed by atoms with Crippen molar-refractivity contribution >= 4 is 32.3 Å². The molecule has 1 aromatic rings. The van der Waals surface area contributed by atoms with Crippen LogP contribution in [-0.4, -0.2) is 5.78 Å². The molecular formula is C17H13FOS2. The number of ketones is 1. The number of carbonyl (C=O) groups is 1. The van der Waals surface area contributed by atoms with Crippen LogP contribution in [0.1, 0.15) is 19.4 Å². The molecule has 106 valence electrons. The third-order valence-corrected chi connectivity index (χ3v) is 5.83. The van der Waals surface area contributed by atoms with Crippen LogP contribution in [0.2, 0.25) is 0 Å². The van der Waals surface area contributed by atoms with E-state index in [2.05, 4.69) is 6.08 Å². The standard InChI is InChI=1S/C17H13FOS2/c1-10-7-13(8-11(2)17(10)19)16-9-15(20-21-16)12-3-5-14(18)6-4-12/h3-9H,1-2H3. The molecule has 1 aromatic carbocycles. The fraction of sp³-hybridized carbons (Fsp3) is 0.118. The SMILES string of the molecule is CC1=CC(=C2C=C(c3ccc(F)cc3)SS2)C=C(C)C1=O. The normalized spacial score (nSPS) is 18.6. The summed E-state index contributed by atoms with van der Waals surface area (Å²) in [4.78, 5) is 14.0. The molecule has 3 rings (SSSR count). The second-order valence-electron chi connectivity index (χ2n) is 4.99. The fourth-order valence-corrected chi connectivity index (χ4v) is 4.66. The van der Waals surface area contributed by atoms with Gasteiger partial charge in [0, 0.05) is 9.81 Å². The van der Waals surface area contributed by atoms with E-state index in [9.17, 15) is 9.18 Å². The molecule has 1 aliphatic heterocycles. The van der Waals surface area contributed by atoms with Gasteiger partial charge in [-0.3, -0.25) is 4.79 Å². The van der Waals surface area contributed by atoms with Crippen LogP contribution in [0.25, 0.3) is 4.91 Å². The molecule has 0 N–H and O–H groups in total. The molecule has 0 amide bonds. The summed E-state index contributed by atoms with van der Waals surface area (Å²) in [5.74, 6) is -0.116. The number of carbonyl (C=O) groups excluding carboxylic acids is 1. The average Bonchev–Trinajstić information content (AvgIpc) is 2.95. The largest absolute Gasteiger partial charge is 0.289 e. The number of benzene rings is 1. The Bertz CT molecular complexity index is 713. The summed E-state index contributed by atoms with van der Waals surface area (Å²) in [7, 11) is 3.33. The van der Waals surface area contributed by atoms with Gasteiger partial charge < -0.3 is 0 Å². The van der Waals surface area contributed by atoms with Gasteiger partial charge in [-0.05, 0) is 66.5 Å². The van der Waals surface area contributed by atoms with E-state index < -0.39 is 0 Å². The van der Waals surface area contributed by atoms with Crippen LogP contribution in [0.15, 0.2) is 64.1 Å². The van der Waals surface area contributed by atoms with Crippen LogP contribution in [0.4, 0.5) is 4.39 Å². The smallest absolute Gasteiger partial charge is 0.184 e. The maximum Gasteiger partial charge on any atom is 0.184 e. The number of Topliss-reactive ketones (excluding diaryl/α,β-unsaturated/α-hetero) is 1. The highest BCUT2D eigenvalue weighted by atomic mass is 33.1. The number of allylic oxidation sites excluding steroid dienone is 6. The highest BCUT2D eigenvalue weighted by Crippen LogP contribution is 2.51. The van der Waals surface area contributed by atoms with E-state index in [0.29, 0.717) is 0 Å². The molecule has 0 fully saturated rings. The number of halogens is 1. The summed E-state index contributed by atoms with van der Waals surface area (Å²) in [6, 6.07) is 6.52. The van der Waals surface area contributed by atoms with Crippen molar-refractivity contribution in [3.63, 3.8) is 0 Å². The first-order chi connectivity index (χ1) is 10.0. The Hall–Kier alpha value is -1.52. The fourth-order valence-electron chi connectivity index (χ4n) is 2.23. The highest BCUT2D eigenvalue weighted by Gasteiger charge is 2.19. The van der Waals surface area contributed by atoms with Gasteiger partial charge in [0.05, 0.1) is 0 Å². The Labute approximate surface area is 131 Å². The van der Waals surface area contributed by atoms with Gasteiger partial charge in [-0.15, -0.1) is 0 Å². The topological polar surface area (TPSA) is 17.1 Å². The number of hydrogen-bond donors (Lipinski definition) is 0. The lowest BCUT2D eigenvalue weighted by Crippen LogP contribution is -2.06. The van der Waals surface area contributed by atoms with Gasteiger partial charge in [0.25, 0.3) is 0 Å². The number of hydrogen-bond acceptors (Lipinski definition) is 3. The quantitative estimate of drug-likeness (QED) is 0.655. The molecule has 1 nitrogen and oxygen atoms in total. The van der Waals surface area contributed by atoms with Gasteiger partial charge in [-0.25, -0.2) is 4.39 Å². The van der Waals surface area contributed by atoms with Crippen molar-refractivity contribution < 1.29 is 9.18 Å². The maximum absolute atomic E-state index is 13.0. The molecule has 0 aromatic heterocycles. The molecule has 0 radical (unpaired) electrons. The zero-order valence-electron chi connectivity index (χ0n) is 11.6. The minimum Gasteiger partial charge on any atom is -0.289 e. The van der Waals surface area contributed by atoms with E-state index in [4.69, 9.17) is 0 Å². The third kappa shape index (κ3) is 2.92. The van der Waals surface area contributed by atoms with Crippen molar-refractivity contribution in [2.45, 2.75) is 13.8 Å². The second-order valence-corrected chi connectivity index (χ2v) is 7.20. The average molecular weight is 316 g/mol. The van der Waals surface area contributed by atoms with E-state index in [1.165, 1.54) is 12.1 Å². The lowest BCUT2D eigenvalue weighted by atomic mass is 9.95. The molecular weight excluding hydrogens is 303 g/mol. The molecule has 0 atom stereocenters. The molecule has 0 saturated carbocycles. The molecule has 1 heterocycles. The second kappa shape index (κ2) is 5.70. The van der Waals surface area contributed by atoms with Crippen LogP contribution in [0.5, 0.6) is 0 Å². The molecule has 0 spiro atoms. The first-order valence-electron chi connectivity index (χ1n) is 6.52. The first-order valence-corrected chi connectivity index (χ1v) is 8.67. The molecule has 0 bridgehead atoms. The van der Waals surface area contributed by atoms with Gasteiger partial charge in [0.2, 0.25) is 0 Å². The first kappa shape index (κ1) is 14.4. The van der Waals surface area contributed by atoms with Crippen LogP contribution >= 0.6 is 21.6 Å². The summed E-state index contributed by atoms with van der Waals surface area (Å²) in [6.45, 7) is 3.69. The van der Waals surface area contributed by atoms with E-state index >= 15 is 0 Å². The molecule has 4 heteroatoms. The van der Waals surface area contributed by atoms with Gasteiger partial charge >= 0.3 is 0 Å². The Morgan fingerprint density at radius 2 is 1.52 bits per heavy atom. The lowest BCUT2D eigenvalue weighted by Gasteiger charge is -2.10. The van der Waals surface area contributed by atoms with Gasteiger partial charge in [0.15, 0.2) is 5.78 Å². The minimum atomic E-state index is -0.225. The zero-order valence-corrected chi connectivity index (χ0v) is 13.3. The van der Waals surface area contributed by atoms with Crippen LogP contribution in [0, 0.1) is 5.82 Å². The number of rotatable bonds is 1. The lowest BCUT2D eigenvalue weighted by molar-refractivity contribution is -0.112. The molecule has 21 heavy (non-hydrogen) atoms. The van der Waals surface area contributed by atoms with Gasteiger partial charge in [-0.1, -0.05) is 33.7 Å². The Morgan fingerprint density at radius 3 is 2.14 bits per heavy atom. The third-order valence-electron chi connectivity index (χ3n) is 3.36. The molecule has 0 unspecified atom stereocenters. The van der Waals surface area contributed by atoms with Gasteiger partial charge in [-0.2, -0.15) is 0 Å². The summed E-state index contributed by atoms with van der Waals surface area (Å²) < 4.78 is 13.0. The predicted molar refractivity (Wildman–Crippen MR) is 89.1 cm³/mol. The highest BCUT2D eigenvalue weighted by molar-refractivity contribution is 8.82. The van der Waals surface area contributed by atoms with Crippen molar-refractivity contribution in [1.29, 1.82) is 0 Å². The Kier molecular flexibility index (Phi) is 3.91. The minimum absolute atomic E-state index is 0.109. The molecule has 2 aliphatic rings. The Balaban J connectivity index is 1.97. The van der Waals surface area contributed by atoms with E-state index in [0.717, 1.165) is 32.1 Å². The predicted octanol–water partition coefficient (Wildman–Crippen LogP) is 5.29. The Morgan fingerprint density at radius 1 is 0.905 bits per heavy atom. The van der Waals surface area contributed by atoms with Crippen LogP contribution in [-0.2, 0) is 4.79 Å². The maximum atomic E-state index is 13.0. The van der Waals surface area contributed by atoms with Crippen molar-refractivity contribution in [2.75, 3.05) is 0 Å². The van der Waals surface area contributed by atoms with E-state index in [1.54, 1.807) is 33.7 Å².